The first kappa shape index (κ1) is 20.1. The highest BCUT2D eigenvalue weighted by molar-refractivity contribution is 7.16. The average Bonchev–Trinajstić information content (AvgIpc) is 3.04. The Morgan fingerprint density at radius 3 is 2.75 bits per heavy atom. The molecular formula is C22H25N3O2S. The third-order valence-electron chi connectivity index (χ3n) is 5.10. The van der Waals surface area contributed by atoms with E-state index in [0.717, 1.165) is 22.4 Å². The summed E-state index contributed by atoms with van der Waals surface area (Å²) < 4.78 is 0. The number of hydrogen-bond acceptors (Lipinski definition) is 4. The maximum absolute atomic E-state index is 12.6. The molecule has 6 heteroatoms. The number of nitrogens with one attached hydrogen (secondary N) is 1. The molecule has 3 rings (SSSR count). The van der Waals surface area contributed by atoms with Crippen molar-refractivity contribution in [2.45, 2.75) is 52.0 Å². The number of thiophene rings is 1. The summed E-state index contributed by atoms with van der Waals surface area (Å²) >= 11 is 1.43. The number of benzene rings is 1. The number of carbonyl (C=O) groups excluding carboxylic acids is 2. The van der Waals surface area contributed by atoms with Gasteiger partial charge in [0.15, 0.2) is 0 Å². The van der Waals surface area contributed by atoms with E-state index in [4.69, 9.17) is 0 Å². The Morgan fingerprint density at radius 2 is 2.07 bits per heavy atom. The van der Waals surface area contributed by atoms with Gasteiger partial charge in [-0.15, -0.1) is 11.3 Å². The Hall–Kier alpha value is -2.65. The molecule has 28 heavy (non-hydrogen) atoms. The largest absolute Gasteiger partial charge is 0.337 e. The summed E-state index contributed by atoms with van der Waals surface area (Å²) in [6.45, 7) is 5.19. The lowest BCUT2D eigenvalue weighted by atomic mass is 9.97. The van der Waals surface area contributed by atoms with Gasteiger partial charge < -0.3 is 10.2 Å². The van der Waals surface area contributed by atoms with Crippen molar-refractivity contribution in [1.82, 2.24) is 4.90 Å². The van der Waals surface area contributed by atoms with Crippen molar-refractivity contribution in [3.63, 3.8) is 0 Å². The Morgan fingerprint density at radius 1 is 1.32 bits per heavy atom. The molecule has 0 saturated heterocycles. The third-order valence-corrected chi connectivity index (χ3v) is 6.23. The van der Waals surface area contributed by atoms with E-state index >= 15 is 0 Å². The fourth-order valence-corrected chi connectivity index (χ4v) is 4.78. The number of amides is 2. The van der Waals surface area contributed by atoms with Gasteiger partial charge in [0.1, 0.15) is 11.1 Å². The number of fused-ring (bicyclic) bond motifs is 1. The van der Waals surface area contributed by atoms with E-state index in [1.807, 2.05) is 49.1 Å². The Labute approximate surface area is 170 Å². The second kappa shape index (κ2) is 9.03. The van der Waals surface area contributed by atoms with Gasteiger partial charge >= 0.3 is 0 Å². The van der Waals surface area contributed by atoms with Crippen LogP contribution in [0.2, 0.25) is 0 Å². The van der Waals surface area contributed by atoms with Gasteiger partial charge in [-0.05, 0) is 29.9 Å². The molecule has 1 aromatic heterocycles. The molecule has 0 aliphatic carbocycles. The number of nitrogens with zero attached hydrogens (tertiary/aromatic N) is 2. The van der Waals surface area contributed by atoms with Gasteiger partial charge in [-0.3, -0.25) is 9.59 Å². The second-order valence-electron chi connectivity index (χ2n) is 7.20. The number of anilines is 1. The van der Waals surface area contributed by atoms with Crippen molar-refractivity contribution >= 4 is 28.2 Å². The quantitative estimate of drug-likeness (QED) is 0.786. The maximum atomic E-state index is 12.6. The minimum atomic E-state index is -0.0923. The van der Waals surface area contributed by atoms with E-state index in [2.05, 4.69) is 11.4 Å². The normalized spacial score (nSPS) is 14.1. The standard InChI is InChI=1S/C22H25N3O2S/c1-3-7-21(27)25-11-10-17-18(13-23)22(28-19(17)14-25)24-20(26)12-15(2)16-8-5-4-6-9-16/h4-6,8-9,15H,3,7,10-12,14H2,1-2H3,(H,24,26). The van der Waals surface area contributed by atoms with Crippen LogP contribution in [-0.2, 0) is 22.6 Å². The maximum Gasteiger partial charge on any atom is 0.225 e. The zero-order valence-corrected chi connectivity index (χ0v) is 17.1. The summed E-state index contributed by atoms with van der Waals surface area (Å²) in [5.74, 6) is 0.163. The minimum absolute atomic E-state index is 0.0923. The molecule has 1 N–H and O–H groups in total. The molecule has 0 fully saturated rings. The molecule has 0 spiro atoms. The van der Waals surface area contributed by atoms with Crippen LogP contribution in [-0.4, -0.2) is 23.3 Å². The van der Waals surface area contributed by atoms with Crippen LogP contribution in [0.15, 0.2) is 30.3 Å². The summed E-state index contributed by atoms with van der Waals surface area (Å²) in [6, 6.07) is 12.2. The Kier molecular flexibility index (Phi) is 6.48. The van der Waals surface area contributed by atoms with Gasteiger partial charge in [0, 0.05) is 24.3 Å². The van der Waals surface area contributed by atoms with Crippen molar-refractivity contribution in [2.24, 2.45) is 0 Å². The highest BCUT2D eigenvalue weighted by atomic mass is 32.1. The Bertz CT molecular complexity index is 898. The van der Waals surface area contributed by atoms with Gasteiger partial charge in [0.05, 0.1) is 12.1 Å². The summed E-state index contributed by atoms with van der Waals surface area (Å²) in [4.78, 5) is 27.6. The lowest BCUT2D eigenvalue weighted by Crippen LogP contribution is -2.35. The zero-order valence-electron chi connectivity index (χ0n) is 16.3. The summed E-state index contributed by atoms with van der Waals surface area (Å²) in [7, 11) is 0. The van der Waals surface area contributed by atoms with Crippen LogP contribution in [0, 0.1) is 11.3 Å². The number of rotatable bonds is 6. The van der Waals surface area contributed by atoms with Crippen LogP contribution in [0.1, 0.15) is 60.6 Å². The van der Waals surface area contributed by atoms with E-state index in [1.165, 1.54) is 11.3 Å². The first-order valence-electron chi connectivity index (χ1n) is 9.70. The minimum Gasteiger partial charge on any atom is -0.337 e. The third kappa shape index (κ3) is 4.42. The lowest BCUT2D eigenvalue weighted by Gasteiger charge is -2.26. The molecule has 1 aliphatic heterocycles. The fraction of sp³-hybridized carbons (Fsp3) is 0.409. The van der Waals surface area contributed by atoms with Crippen molar-refractivity contribution in [3.05, 3.63) is 51.9 Å². The van der Waals surface area contributed by atoms with Crippen LogP contribution in [0.5, 0.6) is 0 Å². The summed E-state index contributed by atoms with van der Waals surface area (Å²) in [5, 5.41) is 13.2. The van der Waals surface area contributed by atoms with E-state index in [-0.39, 0.29) is 17.7 Å². The molecule has 0 bridgehead atoms. The molecule has 2 aromatic rings. The van der Waals surface area contributed by atoms with Crippen molar-refractivity contribution in [1.29, 1.82) is 5.26 Å². The smallest absolute Gasteiger partial charge is 0.225 e. The summed E-state index contributed by atoms with van der Waals surface area (Å²) in [6.07, 6.45) is 2.41. The van der Waals surface area contributed by atoms with Crippen LogP contribution in [0.25, 0.3) is 0 Å². The molecule has 146 valence electrons. The molecule has 5 nitrogen and oxygen atoms in total. The first-order chi connectivity index (χ1) is 13.5. The highest BCUT2D eigenvalue weighted by Crippen LogP contribution is 2.37. The fourth-order valence-electron chi connectivity index (χ4n) is 3.55. The van der Waals surface area contributed by atoms with Gasteiger partial charge in [-0.1, -0.05) is 44.2 Å². The molecule has 1 atom stereocenters. The number of hydrogen-bond donors (Lipinski definition) is 1. The summed E-state index contributed by atoms with van der Waals surface area (Å²) in [5.41, 5.74) is 2.66. The monoisotopic (exact) mass is 395 g/mol. The Balaban J connectivity index is 1.71. The zero-order chi connectivity index (χ0) is 20.1. The van der Waals surface area contributed by atoms with Crippen molar-refractivity contribution in [2.75, 3.05) is 11.9 Å². The SMILES string of the molecule is CCCC(=O)N1CCc2c(sc(NC(=O)CC(C)c3ccccc3)c2C#N)C1. The van der Waals surface area contributed by atoms with Crippen LogP contribution in [0.3, 0.4) is 0 Å². The second-order valence-corrected chi connectivity index (χ2v) is 8.30. The van der Waals surface area contributed by atoms with E-state index in [1.54, 1.807) is 0 Å². The van der Waals surface area contributed by atoms with Crippen LogP contribution < -0.4 is 5.32 Å². The molecule has 2 amide bonds. The average molecular weight is 396 g/mol. The first-order valence-corrected chi connectivity index (χ1v) is 10.5. The van der Waals surface area contributed by atoms with E-state index in [9.17, 15) is 14.9 Å². The predicted octanol–water partition coefficient (Wildman–Crippen LogP) is 4.44. The van der Waals surface area contributed by atoms with Crippen molar-refractivity contribution < 1.29 is 9.59 Å². The molecule has 2 heterocycles. The van der Waals surface area contributed by atoms with Gasteiger partial charge in [0.25, 0.3) is 0 Å². The molecule has 0 radical (unpaired) electrons. The van der Waals surface area contributed by atoms with Crippen LogP contribution >= 0.6 is 11.3 Å². The van der Waals surface area contributed by atoms with Gasteiger partial charge in [-0.2, -0.15) is 5.26 Å². The highest BCUT2D eigenvalue weighted by Gasteiger charge is 2.27. The molecule has 1 aliphatic rings. The van der Waals surface area contributed by atoms with Gasteiger partial charge in [-0.25, -0.2) is 0 Å². The number of carbonyl (C=O) groups is 2. The molecular weight excluding hydrogens is 370 g/mol. The van der Waals surface area contributed by atoms with E-state index < -0.39 is 0 Å². The molecule has 1 aromatic carbocycles. The van der Waals surface area contributed by atoms with E-state index in [0.29, 0.717) is 42.9 Å². The van der Waals surface area contributed by atoms with Crippen molar-refractivity contribution in [3.8, 4) is 6.07 Å². The lowest BCUT2D eigenvalue weighted by molar-refractivity contribution is -0.132. The van der Waals surface area contributed by atoms with Gasteiger partial charge in [0.2, 0.25) is 11.8 Å². The predicted molar refractivity (Wildman–Crippen MR) is 111 cm³/mol. The number of nitriles is 1. The molecule has 1 unspecified atom stereocenters. The topological polar surface area (TPSA) is 73.2 Å². The van der Waals surface area contributed by atoms with Crippen LogP contribution in [0.4, 0.5) is 5.00 Å². The molecule has 0 saturated carbocycles.